The molecule has 2 rings (SSSR count). The van der Waals surface area contributed by atoms with Crippen molar-refractivity contribution in [1.82, 2.24) is 10.1 Å². The molecule has 0 bridgehead atoms. The number of nitrogens with zero attached hydrogens (tertiary/aromatic N) is 2. The van der Waals surface area contributed by atoms with Gasteiger partial charge in [-0.2, -0.15) is 4.98 Å². The molecule has 1 aromatic heterocycles. The molecule has 18 heavy (non-hydrogen) atoms. The Morgan fingerprint density at radius 3 is 2.72 bits per heavy atom. The van der Waals surface area contributed by atoms with E-state index in [-0.39, 0.29) is 5.41 Å². The lowest BCUT2D eigenvalue weighted by molar-refractivity contribution is 0.319. The minimum Gasteiger partial charge on any atom is -0.399 e. The highest BCUT2D eigenvalue weighted by Crippen LogP contribution is 2.25. The number of anilines is 1. The van der Waals surface area contributed by atoms with Gasteiger partial charge in [0.25, 0.3) is 0 Å². The number of thioether (sulfide) groups is 1. The van der Waals surface area contributed by atoms with Crippen LogP contribution in [0.15, 0.2) is 33.7 Å². The van der Waals surface area contributed by atoms with E-state index in [1.807, 2.05) is 24.3 Å². The van der Waals surface area contributed by atoms with Gasteiger partial charge in [-0.05, 0) is 18.2 Å². The average molecular weight is 263 g/mol. The molecule has 0 aliphatic heterocycles. The minimum atomic E-state index is -0.104. The van der Waals surface area contributed by atoms with E-state index in [1.54, 1.807) is 11.8 Å². The third-order valence-corrected chi connectivity index (χ3v) is 3.33. The Kier molecular flexibility index (Phi) is 3.61. The Morgan fingerprint density at radius 2 is 2.11 bits per heavy atom. The van der Waals surface area contributed by atoms with Crippen LogP contribution >= 0.6 is 11.8 Å². The Morgan fingerprint density at radius 1 is 1.33 bits per heavy atom. The van der Waals surface area contributed by atoms with E-state index in [0.717, 1.165) is 10.6 Å². The summed E-state index contributed by atoms with van der Waals surface area (Å²) in [6.07, 6.45) is 0. The smallest absolute Gasteiger partial charge is 0.232 e. The van der Waals surface area contributed by atoms with E-state index in [0.29, 0.717) is 17.5 Å². The first kappa shape index (κ1) is 13.0. The molecule has 0 saturated carbocycles. The molecule has 0 fully saturated rings. The highest BCUT2D eigenvalue weighted by molar-refractivity contribution is 7.98. The van der Waals surface area contributed by atoms with E-state index >= 15 is 0 Å². The molecule has 0 amide bonds. The van der Waals surface area contributed by atoms with Crippen LogP contribution in [0.4, 0.5) is 5.69 Å². The summed E-state index contributed by atoms with van der Waals surface area (Å²) in [5.41, 5.74) is 6.39. The maximum Gasteiger partial charge on any atom is 0.232 e. The summed E-state index contributed by atoms with van der Waals surface area (Å²) >= 11 is 1.65. The molecule has 0 saturated heterocycles. The van der Waals surface area contributed by atoms with Crippen molar-refractivity contribution < 1.29 is 4.52 Å². The van der Waals surface area contributed by atoms with Crippen molar-refractivity contribution in [1.29, 1.82) is 0 Å². The van der Waals surface area contributed by atoms with Crippen LogP contribution in [0, 0.1) is 0 Å². The zero-order chi connectivity index (χ0) is 13.2. The molecule has 0 unspecified atom stereocenters. The number of nitrogen functional groups attached to an aromatic ring is 1. The Bertz CT molecular complexity index is 531. The van der Waals surface area contributed by atoms with Crippen LogP contribution in [-0.2, 0) is 11.2 Å². The maximum atomic E-state index is 5.73. The lowest BCUT2D eigenvalue weighted by Gasteiger charge is -2.10. The molecular weight excluding hydrogens is 246 g/mol. The molecule has 4 nitrogen and oxygen atoms in total. The molecule has 2 aromatic rings. The fourth-order valence-electron chi connectivity index (χ4n) is 1.37. The number of hydrogen-bond acceptors (Lipinski definition) is 5. The third kappa shape index (κ3) is 3.26. The van der Waals surface area contributed by atoms with Gasteiger partial charge in [0.2, 0.25) is 5.89 Å². The summed E-state index contributed by atoms with van der Waals surface area (Å²) in [6.45, 7) is 6.15. The number of rotatable bonds is 3. The fourth-order valence-corrected chi connectivity index (χ4v) is 2.18. The quantitative estimate of drug-likeness (QED) is 0.680. The maximum absolute atomic E-state index is 5.73. The second-order valence-corrected chi connectivity index (χ2v) is 6.18. The van der Waals surface area contributed by atoms with Gasteiger partial charge >= 0.3 is 0 Å². The lowest BCUT2D eigenvalue weighted by atomic mass is 9.97. The first-order valence-electron chi connectivity index (χ1n) is 5.76. The van der Waals surface area contributed by atoms with Crippen LogP contribution in [0.1, 0.15) is 32.5 Å². The Hall–Kier alpha value is -1.49. The molecule has 1 aromatic carbocycles. The molecule has 0 radical (unpaired) electrons. The normalized spacial score (nSPS) is 11.7. The van der Waals surface area contributed by atoms with Crippen LogP contribution in [-0.4, -0.2) is 10.1 Å². The van der Waals surface area contributed by atoms with Crippen molar-refractivity contribution in [3.63, 3.8) is 0 Å². The van der Waals surface area contributed by atoms with Gasteiger partial charge in [-0.15, -0.1) is 11.8 Å². The molecule has 96 valence electrons. The van der Waals surface area contributed by atoms with Gasteiger partial charge in [0.1, 0.15) is 0 Å². The standard InChI is InChI=1S/C13H17N3OS/c1-13(2,3)12-15-11(16-17-12)8-18-10-6-4-5-9(14)7-10/h4-7H,8,14H2,1-3H3. The Labute approximate surface area is 111 Å². The predicted octanol–water partition coefficient (Wildman–Crippen LogP) is 3.24. The van der Waals surface area contributed by atoms with E-state index < -0.39 is 0 Å². The summed E-state index contributed by atoms with van der Waals surface area (Å²) in [5, 5.41) is 3.98. The highest BCUT2D eigenvalue weighted by Gasteiger charge is 2.21. The molecule has 1 heterocycles. The highest BCUT2D eigenvalue weighted by atomic mass is 32.2. The average Bonchev–Trinajstić information content (AvgIpc) is 2.74. The van der Waals surface area contributed by atoms with Gasteiger partial charge < -0.3 is 10.3 Å². The van der Waals surface area contributed by atoms with Gasteiger partial charge in [0.05, 0.1) is 5.75 Å². The molecule has 0 aliphatic carbocycles. The lowest BCUT2D eigenvalue weighted by Crippen LogP contribution is -2.11. The van der Waals surface area contributed by atoms with Crippen molar-refractivity contribution >= 4 is 17.4 Å². The zero-order valence-corrected chi connectivity index (χ0v) is 11.6. The van der Waals surface area contributed by atoms with E-state index in [4.69, 9.17) is 10.3 Å². The third-order valence-electron chi connectivity index (χ3n) is 2.34. The van der Waals surface area contributed by atoms with E-state index in [2.05, 4.69) is 30.9 Å². The van der Waals surface area contributed by atoms with Gasteiger partial charge in [-0.25, -0.2) is 0 Å². The molecular formula is C13H17N3OS. The first-order valence-corrected chi connectivity index (χ1v) is 6.75. The van der Waals surface area contributed by atoms with Crippen molar-refractivity contribution in [3.8, 4) is 0 Å². The SMILES string of the molecule is CC(C)(C)c1nc(CSc2cccc(N)c2)no1. The summed E-state index contributed by atoms with van der Waals surface area (Å²) in [7, 11) is 0. The largest absolute Gasteiger partial charge is 0.399 e. The van der Waals surface area contributed by atoms with Crippen molar-refractivity contribution in [2.24, 2.45) is 0 Å². The minimum absolute atomic E-state index is 0.104. The molecule has 0 atom stereocenters. The first-order chi connectivity index (χ1) is 8.45. The number of aromatic nitrogens is 2. The molecule has 2 N–H and O–H groups in total. The monoisotopic (exact) mass is 263 g/mol. The fraction of sp³-hybridized carbons (Fsp3) is 0.385. The van der Waals surface area contributed by atoms with Crippen molar-refractivity contribution in [2.45, 2.75) is 36.8 Å². The van der Waals surface area contributed by atoms with Crippen LogP contribution < -0.4 is 5.73 Å². The molecule has 0 aliphatic rings. The Balaban J connectivity index is 2.01. The van der Waals surface area contributed by atoms with Gasteiger partial charge in [0, 0.05) is 16.0 Å². The van der Waals surface area contributed by atoms with Crippen molar-refractivity contribution in [3.05, 3.63) is 36.0 Å². The van der Waals surface area contributed by atoms with Crippen molar-refractivity contribution in [2.75, 3.05) is 5.73 Å². The number of benzene rings is 1. The molecule has 5 heteroatoms. The van der Waals surface area contributed by atoms with Crippen LogP contribution in [0.25, 0.3) is 0 Å². The van der Waals surface area contributed by atoms with Crippen LogP contribution in [0.5, 0.6) is 0 Å². The van der Waals surface area contributed by atoms with Gasteiger partial charge in [-0.1, -0.05) is 32.0 Å². The number of hydrogen-bond donors (Lipinski definition) is 1. The van der Waals surface area contributed by atoms with Crippen LogP contribution in [0.3, 0.4) is 0 Å². The van der Waals surface area contributed by atoms with Gasteiger partial charge in [-0.3, -0.25) is 0 Å². The molecule has 0 spiro atoms. The summed E-state index contributed by atoms with van der Waals surface area (Å²) < 4.78 is 5.24. The second-order valence-electron chi connectivity index (χ2n) is 5.13. The topological polar surface area (TPSA) is 64.9 Å². The summed E-state index contributed by atoms with van der Waals surface area (Å²) in [5.74, 6) is 2.07. The van der Waals surface area contributed by atoms with Crippen LogP contribution in [0.2, 0.25) is 0 Å². The second kappa shape index (κ2) is 5.02. The predicted molar refractivity (Wildman–Crippen MR) is 73.4 cm³/mol. The number of nitrogens with two attached hydrogens (primary N) is 1. The summed E-state index contributed by atoms with van der Waals surface area (Å²) in [4.78, 5) is 5.50. The van der Waals surface area contributed by atoms with E-state index in [1.165, 1.54) is 0 Å². The zero-order valence-electron chi connectivity index (χ0n) is 10.8. The van der Waals surface area contributed by atoms with Gasteiger partial charge in [0.15, 0.2) is 5.82 Å². The summed E-state index contributed by atoms with van der Waals surface area (Å²) in [6, 6.07) is 7.77. The van der Waals surface area contributed by atoms with E-state index in [9.17, 15) is 0 Å².